The molecule has 3 atom stereocenters. The number of carbonyl (C=O) groups is 3. The average molecular weight is 321 g/mol. The van der Waals surface area contributed by atoms with Crippen LogP contribution < -0.4 is 5.32 Å². The summed E-state index contributed by atoms with van der Waals surface area (Å²) in [6.07, 6.45) is 4.46. The number of likely N-dealkylation sites (tertiary alicyclic amines) is 1. The third-order valence-corrected chi connectivity index (χ3v) is 5.39. The van der Waals surface area contributed by atoms with Gasteiger partial charge in [0, 0.05) is 44.0 Å². The van der Waals surface area contributed by atoms with E-state index < -0.39 is 6.04 Å². The molecule has 4 amide bonds. The van der Waals surface area contributed by atoms with E-state index >= 15 is 0 Å². The number of imide groups is 1. The molecule has 4 fully saturated rings. The Hall–Kier alpha value is -1.63. The topological polar surface area (TPSA) is 79.0 Å². The second kappa shape index (κ2) is 5.78. The standard InChI is InChI=1S/C16H23N3O4/c20-13-6-10(7-18(13)12-3-4-12)8-19-15(21)14(17-16(19)22)11-2-1-5-23-9-11/h10-12,14H,1-9H2,(H,17,22). The highest BCUT2D eigenvalue weighted by Crippen LogP contribution is 2.33. The van der Waals surface area contributed by atoms with Crippen LogP contribution in [-0.2, 0) is 14.3 Å². The van der Waals surface area contributed by atoms with Gasteiger partial charge in [-0.15, -0.1) is 0 Å². The Bertz CT molecular complexity index is 527. The second-order valence-corrected chi connectivity index (χ2v) is 7.20. The van der Waals surface area contributed by atoms with E-state index in [2.05, 4.69) is 5.32 Å². The summed E-state index contributed by atoms with van der Waals surface area (Å²) in [6, 6.07) is -0.370. The van der Waals surface area contributed by atoms with E-state index in [0.29, 0.717) is 32.2 Å². The van der Waals surface area contributed by atoms with Crippen LogP contribution in [0.25, 0.3) is 0 Å². The van der Waals surface area contributed by atoms with Gasteiger partial charge in [0.2, 0.25) is 5.91 Å². The van der Waals surface area contributed by atoms with Gasteiger partial charge in [0.05, 0.1) is 6.61 Å². The van der Waals surface area contributed by atoms with Gasteiger partial charge in [0.25, 0.3) is 5.91 Å². The molecule has 1 N–H and O–H groups in total. The zero-order chi connectivity index (χ0) is 16.0. The Balaban J connectivity index is 1.38. The smallest absolute Gasteiger partial charge is 0.324 e. The number of nitrogens with one attached hydrogen (secondary N) is 1. The van der Waals surface area contributed by atoms with Gasteiger partial charge in [-0.1, -0.05) is 0 Å². The van der Waals surface area contributed by atoms with Crippen LogP contribution in [0.4, 0.5) is 4.79 Å². The van der Waals surface area contributed by atoms with E-state index in [4.69, 9.17) is 4.74 Å². The van der Waals surface area contributed by atoms with Crippen molar-refractivity contribution in [2.24, 2.45) is 11.8 Å². The maximum Gasteiger partial charge on any atom is 0.324 e. The first-order valence-electron chi connectivity index (χ1n) is 8.62. The Kier molecular flexibility index (Phi) is 3.75. The lowest BCUT2D eigenvalue weighted by atomic mass is 9.93. The molecule has 4 rings (SSSR count). The van der Waals surface area contributed by atoms with Crippen LogP contribution in [0.15, 0.2) is 0 Å². The van der Waals surface area contributed by atoms with Gasteiger partial charge in [-0.2, -0.15) is 0 Å². The highest BCUT2D eigenvalue weighted by Gasteiger charge is 2.46. The highest BCUT2D eigenvalue weighted by molar-refractivity contribution is 6.04. The van der Waals surface area contributed by atoms with Crippen LogP contribution in [0.2, 0.25) is 0 Å². The molecule has 23 heavy (non-hydrogen) atoms. The molecule has 0 bridgehead atoms. The van der Waals surface area contributed by atoms with Gasteiger partial charge in [-0.25, -0.2) is 4.79 Å². The van der Waals surface area contributed by atoms with E-state index in [1.807, 2.05) is 4.90 Å². The largest absolute Gasteiger partial charge is 0.381 e. The monoisotopic (exact) mass is 321 g/mol. The van der Waals surface area contributed by atoms with E-state index in [1.54, 1.807) is 0 Å². The molecule has 7 heteroatoms. The summed E-state index contributed by atoms with van der Waals surface area (Å²) < 4.78 is 5.43. The minimum Gasteiger partial charge on any atom is -0.381 e. The SMILES string of the molecule is O=C1NC(C2CCCOC2)C(=O)N1CC1CC(=O)N(C2CC2)C1. The van der Waals surface area contributed by atoms with Crippen LogP contribution in [0, 0.1) is 11.8 Å². The van der Waals surface area contributed by atoms with Crippen molar-refractivity contribution in [2.75, 3.05) is 26.3 Å². The van der Waals surface area contributed by atoms with Crippen molar-refractivity contribution in [3.8, 4) is 0 Å². The zero-order valence-corrected chi connectivity index (χ0v) is 13.2. The Morgan fingerprint density at radius 3 is 2.70 bits per heavy atom. The van der Waals surface area contributed by atoms with Crippen molar-refractivity contribution in [3.63, 3.8) is 0 Å². The van der Waals surface area contributed by atoms with Crippen molar-refractivity contribution < 1.29 is 19.1 Å². The van der Waals surface area contributed by atoms with E-state index in [-0.39, 0.29) is 29.7 Å². The van der Waals surface area contributed by atoms with Gasteiger partial charge in [-0.05, 0) is 25.7 Å². The second-order valence-electron chi connectivity index (χ2n) is 7.20. The van der Waals surface area contributed by atoms with E-state index in [9.17, 15) is 14.4 Å². The number of amides is 4. The lowest BCUT2D eigenvalue weighted by molar-refractivity contribution is -0.130. The average Bonchev–Trinajstić information content (AvgIpc) is 3.28. The molecular formula is C16H23N3O4. The third kappa shape index (κ3) is 2.82. The van der Waals surface area contributed by atoms with Crippen molar-refractivity contribution in [1.29, 1.82) is 0 Å². The quantitative estimate of drug-likeness (QED) is 0.758. The van der Waals surface area contributed by atoms with Crippen LogP contribution in [0.1, 0.15) is 32.1 Å². The summed E-state index contributed by atoms with van der Waals surface area (Å²) in [5.74, 6) is 0.155. The maximum absolute atomic E-state index is 12.6. The van der Waals surface area contributed by atoms with Gasteiger partial charge in [0.15, 0.2) is 0 Å². The molecule has 7 nitrogen and oxygen atoms in total. The number of ether oxygens (including phenoxy) is 1. The first-order valence-corrected chi connectivity index (χ1v) is 8.62. The first-order chi connectivity index (χ1) is 11.1. The Morgan fingerprint density at radius 1 is 1.17 bits per heavy atom. The van der Waals surface area contributed by atoms with Crippen LogP contribution in [0.5, 0.6) is 0 Å². The molecule has 4 aliphatic rings. The maximum atomic E-state index is 12.6. The number of carbonyl (C=O) groups excluding carboxylic acids is 3. The molecule has 1 aliphatic carbocycles. The lowest BCUT2D eigenvalue weighted by Gasteiger charge is -2.26. The number of nitrogens with zero attached hydrogens (tertiary/aromatic N) is 2. The van der Waals surface area contributed by atoms with Crippen molar-refractivity contribution in [1.82, 2.24) is 15.1 Å². The van der Waals surface area contributed by atoms with Crippen molar-refractivity contribution in [2.45, 2.75) is 44.2 Å². The molecule has 0 spiro atoms. The molecule has 3 aliphatic heterocycles. The summed E-state index contributed by atoms with van der Waals surface area (Å²) in [7, 11) is 0. The summed E-state index contributed by atoms with van der Waals surface area (Å²) in [4.78, 5) is 40.0. The molecular weight excluding hydrogens is 298 g/mol. The van der Waals surface area contributed by atoms with Gasteiger partial charge >= 0.3 is 6.03 Å². The fourth-order valence-electron chi connectivity index (χ4n) is 3.99. The van der Waals surface area contributed by atoms with Crippen molar-refractivity contribution >= 4 is 17.8 Å². The molecule has 0 radical (unpaired) electrons. The van der Waals surface area contributed by atoms with Crippen LogP contribution in [0.3, 0.4) is 0 Å². The number of urea groups is 1. The van der Waals surface area contributed by atoms with E-state index in [1.165, 1.54) is 4.90 Å². The molecule has 3 saturated heterocycles. The van der Waals surface area contributed by atoms with Crippen LogP contribution in [-0.4, -0.2) is 66.0 Å². The minimum absolute atomic E-state index is 0.0679. The fraction of sp³-hybridized carbons (Fsp3) is 0.812. The predicted octanol–water partition coefficient (Wildman–Crippen LogP) is 0.344. The Labute approximate surface area is 135 Å². The third-order valence-electron chi connectivity index (χ3n) is 5.39. The summed E-state index contributed by atoms with van der Waals surface area (Å²) in [5.41, 5.74) is 0. The molecule has 0 aromatic rings. The molecule has 0 aromatic heterocycles. The fourth-order valence-corrected chi connectivity index (χ4v) is 3.99. The Morgan fingerprint density at radius 2 is 2.00 bits per heavy atom. The highest BCUT2D eigenvalue weighted by atomic mass is 16.5. The van der Waals surface area contributed by atoms with Gasteiger partial charge < -0.3 is 15.0 Å². The number of rotatable bonds is 4. The molecule has 0 aromatic carbocycles. The lowest BCUT2D eigenvalue weighted by Crippen LogP contribution is -2.41. The summed E-state index contributed by atoms with van der Waals surface area (Å²) in [5, 5.41) is 2.81. The minimum atomic E-state index is -0.459. The number of hydrogen-bond donors (Lipinski definition) is 1. The molecule has 1 saturated carbocycles. The van der Waals surface area contributed by atoms with Gasteiger partial charge in [-0.3, -0.25) is 14.5 Å². The van der Waals surface area contributed by atoms with Gasteiger partial charge in [0.1, 0.15) is 6.04 Å². The molecule has 126 valence electrons. The van der Waals surface area contributed by atoms with Crippen molar-refractivity contribution in [3.05, 3.63) is 0 Å². The predicted molar refractivity (Wildman–Crippen MR) is 80.4 cm³/mol. The van der Waals surface area contributed by atoms with E-state index in [0.717, 1.165) is 32.3 Å². The van der Waals surface area contributed by atoms with Crippen LogP contribution >= 0.6 is 0 Å². The summed E-state index contributed by atoms with van der Waals surface area (Å²) >= 11 is 0. The normalized spacial score (nSPS) is 35.1. The molecule has 3 unspecified atom stereocenters. The summed E-state index contributed by atoms with van der Waals surface area (Å²) in [6.45, 7) is 2.29. The molecule has 3 heterocycles. The number of hydrogen-bond acceptors (Lipinski definition) is 4. The zero-order valence-electron chi connectivity index (χ0n) is 13.2. The first kappa shape index (κ1) is 14.9.